The van der Waals surface area contributed by atoms with E-state index in [1.54, 1.807) is 5.51 Å². The average molecular weight is 316 g/mol. The molecule has 3 rings (SSSR count). The second kappa shape index (κ2) is 5.24. The van der Waals surface area contributed by atoms with Gasteiger partial charge in [0.15, 0.2) is 0 Å². The third-order valence-electron chi connectivity index (χ3n) is 3.89. The number of hydrogen-bond donors (Lipinski definition) is 3. The van der Waals surface area contributed by atoms with E-state index in [-0.39, 0.29) is 0 Å². The van der Waals surface area contributed by atoms with Crippen molar-refractivity contribution in [3.8, 4) is 0 Å². The van der Waals surface area contributed by atoms with Crippen molar-refractivity contribution in [2.24, 2.45) is 11.7 Å². The number of nitrogens with two attached hydrogens (primary N) is 1. The van der Waals surface area contributed by atoms with Gasteiger partial charge in [-0.2, -0.15) is 0 Å². The quantitative estimate of drug-likeness (QED) is 0.552. The molecule has 20 heavy (non-hydrogen) atoms. The number of thiazole rings is 1. The predicted octanol–water partition coefficient (Wildman–Crippen LogP) is 0.432. The predicted molar refractivity (Wildman–Crippen MR) is 75.9 cm³/mol. The standard InChI is InChI=1S/C12H17N2O4PS/c13-12(19(15,16)17)18-9-5-7-3-1-2-4-8(7)10-11(9)20-6-14-10/h6-7,12H,1-5,13H2,(H2,15,16,17). The third kappa shape index (κ3) is 2.56. The first-order chi connectivity index (χ1) is 9.47. The Morgan fingerprint density at radius 2 is 2.30 bits per heavy atom. The van der Waals surface area contributed by atoms with E-state index in [4.69, 9.17) is 20.3 Å². The summed E-state index contributed by atoms with van der Waals surface area (Å²) in [4.78, 5) is 22.6. The Balaban J connectivity index is 2.04. The lowest BCUT2D eigenvalue weighted by Gasteiger charge is -2.29. The van der Waals surface area contributed by atoms with Gasteiger partial charge in [0.2, 0.25) is 5.97 Å². The summed E-state index contributed by atoms with van der Waals surface area (Å²) in [6.45, 7) is 0. The fourth-order valence-electron chi connectivity index (χ4n) is 2.93. The van der Waals surface area contributed by atoms with Gasteiger partial charge in [0.1, 0.15) is 5.76 Å². The van der Waals surface area contributed by atoms with Crippen LogP contribution in [0.15, 0.2) is 5.51 Å². The number of hydrogen-bond acceptors (Lipinski definition) is 5. The van der Waals surface area contributed by atoms with Crippen LogP contribution in [0.25, 0.3) is 11.3 Å². The lowest BCUT2D eigenvalue weighted by molar-refractivity contribution is 0.185. The first-order valence-electron chi connectivity index (χ1n) is 6.60. The van der Waals surface area contributed by atoms with Gasteiger partial charge in [-0.15, -0.1) is 11.3 Å². The minimum Gasteiger partial charge on any atom is -0.466 e. The van der Waals surface area contributed by atoms with Crippen molar-refractivity contribution >= 4 is 30.3 Å². The number of aromatic nitrogens is 1. The van der Waals surface area contributed by atoms with Crippen molar-refractivity contribution in [2.45, 2.75) is 38.1 Å². The van der Waals surface area contributed by atoms with E-state index in [2.05, 4.69) is 4.98 Å². The monoisotopic (exact) mass is 316 g/mol. The van der Waals surface area contributed by atoms with Gasteiger partial charge in [-0.05, 0) is 30.8 Å². The third-order valence-corrected chi connectivity index (χ3v) is 5.53. The van der Waals surface area contributed by atoms with Gasteiger partial charge in [-0.3, -0.25) is 10.3 Å². The summed E-state index contributed by atoms with van der Waals surface area (Å²) >= 11 is 1.44. The largest absolute Gasteiger partial charge is 0.466 e. The molecule has 2 aliphatic carbocycles. The molecule has 0 aliphatic heterocycles. The minimum atomic E-state index is -4.44. The maximum atomic E-state index is 11.2. The van der Waals surface area contributed by atoms with Crippen LogP contribution in [0.5, 0.6) is 0 Å². The van der Waals surface area contributed by atoms with Crippen LogP contribution in [0, 0.1) is 5.92 Å². The van der Waals surface area contributed by atoms with Gasteiger partial charge in [0.25, 0.3) is 0 Å². The maximum Gasteiger partial charge on any atom is 0.380 e. The van der Waals surface area contributed by atoms with Gasteiger partial charge in [-0.25, -0.2) is 4.98 Å². The van der Waals surface area contributed by atoms with Crippen LogP contribution in [-0.4, -0.2) is 20.7 Å². The molecule has 1 fully saturated rings. The average Bonchev–Trinajstić information content (AvgIpc) is 2.87. The van der Waals surface area contributed by atoms with Crippen molar-refractivity contribution in [3.63, 3.8) is 0 Å². The van der Waals surface area contributed by atoms with E-state index < -0.39 is 13.6 Å². The van der Waals surface area contributed by atoms with Crippen LogP contribution < -0.4 is 15.6 Å². The zero-order valence-electron chi connectivity index (χ0n) is 10.9. The maximum absolute atomic E-state index is 11.2. The van der Waals surface area contributed by atoms with Crippen molar-refractivity contribution in [3.05, 3.63) is 15.4 Å². The highest BCUT2D eigenvalue weighted by Crippen LogP contribution is 2.42. The Bertz CT molecular complexity index is 680. The molecule has 1 heterocycles. The van der Waals surface area contributed by atoms with Crippen LogP contribution in [0.3, 0.4) is 0 Å². The fraction of sp³-hybridized carbons (Fsp3) is 0.583. The normalized spacial score (nSPS) is 24.1. The summed E-state index contributed by atoms with van der Waals surface area (Å²) in [5.41, 5.74) is 8.56. The van der Waals surface area contributed by atoms with E-state index in [0.717, 1.165) is 22.7 Å². The first-order valence-corrected chi connectivity index (χ1v) is 9.16. The SMILES string of the molecule is NC(OC1=c2scnc2=C2CCCCC2C1)P(=O)(O)O. The lowest BCUT2D eigenvalue weighted by Crippen LogP contribution is -2.37. The molecule has 1 aromatic heterocycles. The van der Waals surface area contributed by atoms with Crippen LogP contribution in [0.1, 0.15) is 32.1 Å². The topological polar surface area (TPSA) is 106 Å². The van der Waals surface area contributed by atoms with E-state index in [9.17, 15) is 4.57 Å². The molecule has 0 amide bonds. The minimum absolute atomic E-state index is 0.373. The van der Waals surface area contributed by atoms with Crippen molar-refractivity contribution in [2.75, 3.05) is 0 Å². The van der Waals surface area contributed by atoms with E-state index in [0.29, 0.717) is 18.1 Å². The molecule has 8 heteroatoms. The van der Waals surface area contributed by atoms with Crippen LogP contribution in [0.4, 0.5) is 0 Å². The van der Waals surface area contributed by atoms with Gasteiger partial charge < -0.3 is 14.5 Å². The van der Waals surface area contributed by atoms with E-state index >= 15 is 0 Å². The second-order valence-corrected chi connectivity index (χ2v) is 7.76. The summed E-state index contributed by atoms with van der Waals surface area (Å²) in [5, 5.41) is 0.943. The van der Waals surface area contributed by atoms with Crippen molar-refractivity contribution in [1.82, 2.24) is 4.98 Å². The molecule has 110 valence electrons. The van der Waals surface area contributed by atoms with Gasteiger partial charge >= 0.3 is 7.60 Å². The highest BCUT2D eigenvalue weighted by atomic mass is 32.1. The molecule has 0 bridgehead atoms. The number of nitrogens with zero attached hydrogens (tertiary/aromatic N) is 1. The lowest BCUT2D eigenvalue weighted by atomic mass is 9.80. The van der Waals surface area contributed by atoms with Gasteiger partial charge in [0, 0.05) is 6.42 Å². The smallest absolute Gasteiger partial charge is 0.380 e. The fourth-order valence-corrected chi connectivity index (χ4v) is 4.01. The van der Waals surface area contributed by atoms with E-state index in [1.165, 1.54) is 29.8 Å². The molecular formula is C12H17N2O4PS. The number of rotatable bonds is 3. The summed E-state index contributed by atoms with van der Waals surface area (Å²) in [6.07, 6.45) is 5.15. The Kier molecular flexibility index (Phi) is 3.73. The van der Waals surface area contributed by atoms with Crippen LogP contribution >= 0.6 is 18.9 Å². The molecule has 6 nitrogen and oxygen atoms in total. The Hall–Kier alpha value is -0.720. The molecule has 4 N–H and O–H groups in total. The molecule has 1 saturated carbocycles. The Labute approximate surface area is 120 Å². The number of fused-ring (bicyclic) bond motifs is 2. The second-order valence-electron chi connectivity index (χ2n) is 5.22. The van der Waals surface area contributed by atoms with Crippen LogP contribution in [0.2, 0.25) is 0 Å². The summed E-state index contributed by atoms with van der Waals surface area (Å²) < 4.78 is 17.4. The molecule has 0 spiro atoms. The molecule has 2 aliphatic rings. The zero-order valence-corrected chi connectivity index (χ0v) is 12.6. The summed E-state index contributed by atoms with van der Waals surface area (Å²) in [7, 11) is -4.44. The summed E-state index contributed by atoms with van der Waals surface area (Å²) in [6, 6.07) is 0. The highest BCUT2D eigenvalue weighted by molar-refractivity contribution is 7.52. The molecular weight excluding hydrogens is 299 g/mol. The van der Waals surface area contributed by atoms with Crippen molar-refractivity contribution < 1.29 is 19.1 Å². The molecule has 0 radical (unpaired) electrons. The molecule has 1 aromatic rings. The molecule has 2 atom stereocenters. The van der Waals surface area contributed by atoms with E-state index in [1.807, 2.05) is 0 Å². The van der Waals surface area contributed by atoms with Crippen molar-refractivity contribution in [1.29, 1.82) is 0 Å². The highest BCUT2D eigenvalue weighted by Gasteiger charge is 2.32. The Morgan fingerprint density at radius 3 is 3.05 bits per heavy atom. The summed E-state index contributed by atoms with van der Waals surface area (Å²) in [5.74, 6) is -0.649. The molecule has 0 aromatic carbocycles. The number of ether oxygens (including phenoxy) is 1. The molecule has 2 unspecified atom stereocenters. The van der Waals surface area contributed by atoms with Gasteiger partial charge in [-0.1, -0.05) is 6.42 Å². The first kappa shape index (κ1) is 14.2. The van der Waals surface area contributed by atoms with Gasteiger partial charge in [0.05, 0.1) is 15.4 Å². The zero-order chi connectivity index (χ0) is 14.3. The Morgan fingerprint density at radius 1 is 1.50 bits per heavy atom. The van der Waals surface area contributed by atoms with Crippen LogP contribution in [-0.2, 0) is 9.30 Å². The molecule has 0 saturated heterocycles.